The Hall–Kier alpha value is -0.0665. The van der Waals surface area contributed by atoms with Gasteiger partial charge in [0.25, 0.3) is 0 Å². The van der Waals surface area contributed by atoms with Gasteiger partial charge in [0.15, 0.2) is 0 Å². The van der Waals surface area contributed by atoms with Gasteiger partial charge in [0, 0.05) is 16.5 Å². The quantitative estimate of drug-likeness (QED) is 0.122. The number of hydrogen-bond donors (Lipinski definition) is 8. The first-order chi connectivity index (χ1) is 8.00. The molecule has 0 rings (SSSR count). The van der Waals surface area contributed by atoms with E-state index >= 15 is 0 Å². The molecule has 0 aliphatic carbocycles. The molecule has 0 amide bonds. The monoisotopic (exact) mass is 464 g/mol. The van der Waals surface area contributed by atoms with Gasteiger partial charge in [-0.3, -0.25) is 18.2 Å². The molecule has 0 saturated carbocycles. The third-order valence-corrected chi connectivity index (χ3v) is 0. The van der Waals surface area contributed by atoms with Crippen LogP contribution in [0.4, 0.5) is 0 Å². The minimum Gasteiger partial charge on any atom is -0.412 e. The summed E-state index contributed by atoms with van der Waals surface area (Å²) in [6, 6.07) is 0. The van der Waals surface area contributed by atoms with E-state index in [0.717, 1.165) is 0 Å². The van der Waals surface area contributed by atoms with Crippen LogP contribution in [0.5, 0.6) is 0 Å². The Morgan fingerprint density at radius 3 is 0.455 bits per heavy atom. The smallest absolute Gasteiger partial charge is 0.330 e. The maximum Gasteiger partial charge on any atom is 0.330 e. The van der Waals surface area contributed by atoms with E-state index in [0.29, 0.717) is 0 Å². The molecule has 0 saturated heterocycles. The van der Waals surface area contributed by atoms with E-state index in [-0.39, 0.29) is 22.0 Å². The number of hydrogen-bond acceptors (Lipinski definition) is 8. The molecule has 0 unspecified atom stereocenters. The Bertz CT molecular complexity index is 487. The Morgan fingerprint density at radius 1 is 0.455 bits per heavy atom. The summed E-state index contributed by atoms with van der Waals surface area (Å²) in [7, 11) is -16.7. The van der Waals surface area contributed by atoms with Crippen LogP contribution in [0.2, 0.25) is 0 Å². The van der Waals surface area contributed by atoms with Crippen LogP contribution in [-0.4, -0.2) is 57.4 Å². The fraction of sp³-hybridized carbons (Fsp3) is 0. The van der Waals surface area contributed by atoms with E-state index in [2.05, 4.69) is 20.6 Å². The van der Waals surface area contributed by atoms with Gasteiger partial charge in [-0.05, 0) is 0 Å². The second-order valence-corrected chi connectivity index (χ2v) is 6.18. The van der Waals surface area contributed by atoms with Crippen LogP contribution in [0.3, 0.4) is 0 Å². The predicted octanol–water partition coefficient (Wildman–Crippen LogP) is -5.84. The average molecular weight is 465 g/mol. The summed E-state index contributed by atoms with van der Waals surface area (Å²) in [5.41, 5.74) is 0. The fourth-order valence-corrected chi connectivity index (χ4v) is 0. The van der Waals surface area contributed by atoms with Gasteiger partial charge in [0.1, 0.15) is 0 Å². The van der Waals surface area contributed by atoms with Crippen molar-refractivity contribution in [2.75, 3.05) is 0 Å². The summed E-state index contributed by atoms with van der Waals surface area (Å²) < 4.78 is 101. The van der Waals surface area contributed by atoms with Gasteiger partial charge in [0.05, 0.1) is 0 Å². The van der Waals surface area contributed by atoms with Crippen molar-refractivity contribution in [3.8, 4) is 0 Å². The molecular formula is H14N4NiO13S4. The maximum atomic E-state index is 8.97. The van der Waals surface area contributed by atoms with Crippen molar-refractivity contribution in [3.05, 3.63) is 0 Å². The van der Waals surface area contributed by atoms with E-state index < -0.39 is 41.2 Å². The zero-order chi connectivity index (χ0) is 18.0. The third kappa shape index (κ3) is 1620000. The second kappa shape index (κ2) is 14.5. The van der Waals surface area contributed by atoms with Crippen molar-refractivity contribution >= 4 is 41.2 Å². The molecule has 0 bridgehead atoms. The summed E-state index contributed by atoms with van der Waals surface area (Å²) in [6.45, 7) is 0. The molecule has 17 nitrogen and oxygen atoms in total. The van der Waals surface area contributed by atoms with Crippen molar-refractivity contribution in [1.29, 1.82) is 0 Å². The van der Waals surface area contributed by atoms with Crippen molar-refractivity contribution in [2.45, 2.75) is 0 Å². The van der Waals surface area contributed by atoms with Crippen molar-refractivity contribution in [3.63, 3.8) is 0 Å². The van der Waals surface area contributed by atoms with Gasteiger partial charge in [-0.15, -0.1) is 0 Å². The zero-order valence-corrected chi connectivity index (χ0v) is 14.1. The molecule has 0 atom stereocenters. The first kappa shape index (κ1) is 37.9. The molecule has 0 aliphatic heterocycles. The minimum absolute atomic E-state index is 0. The largest absolute Gasteiger partial charge is 0.412 e. The van der Waals surface area contributed by atoms with Crippen LogP contribution >= 0.6 is 0 Å². The van der Waals surface area contributed by atoms with Crippen molar-refractivity contribution in [2.24, 2.45) is 20.6 Å². The van der Waals surface area contributed by atoms with E-state index in [4.69, 9.17) is 51.9 Å². The van der Waals surface area contributed by atoms with Crippen molar-refractivity contribution < 1.29 is 73.8 Å². The topological polar surface area (TPSA) is 353 Å². The van der Waals surface area contributed by atoms with Crippen molar-refractivity contribution in [1.82, 2.24) is 0 Å². The minimum atomic E-state index is -4.17. The third-order valence-electron chi connectivity index (χ3n) is 0. The molecule has 0 radical (unpaired) electrons. The van der Waals surface area contributed by atoms with E-state index in [1.807, 2.05) is 0 Å². The Labute approximate surface area is 135 Å². The molecule has 0 spiro atoms. The van der Waals surface area contributed by atoms with Gasteiger partial charge < -0.3 is 5.48 Å². The second-order valence-electron chi connectivity index (χ2n) is 2.06. The summed E-state index contributed by atoms with van der Waals surface area (Å²) in [5.74, 6) is 0. The molecule has 22 heavy (non-hydrogen) atoms. The van der Waals surface area contributed by atoms with Gasteiger partial charge in [-0.25, -0.2) is 20.6 Å². The molecule has 0 fully saturated rings. The zero-order valence-electron chi connectivity index (χ0n) is 9.81. The Kier molecular flexibility index (Phi) is 25.0. The van der Waals surface area contributed by atoms with Crippen LogP contribution in [0, 0.1) is 0 Å². The first-order valence-electron chi connectivity index (χ1n) is 3.01. The number of nitrogens with two attached hydrogens (primary N) is 4. The Balaban J connectivity index is -0.0000000376. The molecular weight excluding hydrogens is 451 g/mol. The summed E-state index contributed by atoms with van der Waals surface area (Å²) >= 11 is 0. The maximum absolute atomic E-state index is 8.97. The van der Waals surface area contributed by atoms with Crippen LogP contribution < -0.4 is 20.6 Å². The van der Waals surface area contributed by atoms with Gasteiger partial charge >= 0.3 is 41.2 Å². The summed E-state index contributed by atoms with van der Waals surface area (Å²) in [5, 5.41) is 15.5. The van der Waals surface area contributed by atoms with Crippen LogP contribution in [0.15, 0.2) is 0 Å². The molecule has 0 aromatic carbocycles. The van der Waals surface area contributed by atoms with Gasteiger partial charge in [0.2, 0.25) is 0 Å². The average Bonchev–Trinajstić information content (AvgIpc) is 1.62. The van der Waals surface area contributed by atoms with E-state index in [9.17, 15) is 0 Å². The van der Waals surface area contributed by atoms with E-state index in [1.54, 1.807) is 0 Å². The van der Waals surface area contributed by atoms with E-state index in [1.165, 1.54) is 0 Å². The fourth-order valence-electron chi connectivity index (χ4n) is 0. The SMILES string of the molecule is NS(=O)(=O)O.NS(=O)(=O)O.NS(=O)(=O)O.NS(=O)(=O)O.O.[Ni]. The molecule has 0 heterocycles. The molecule has 0 aromatic heterocycles. The molecule has 146 valence electrons. The Morgan fingerprint density at radius 2 is 0.455 bits per heavy atom. The molecule has 14 N–H and O–H groups in total. The van der Waals surface area contributed by atoms with Crippen LogP contribution in [0.25, 0.3) is 0 Å². The molecule has 0 aromatic rings. The van der Waals surface area contributed by atoms with Crippen LogP contribution in [-0.2, 0) is 57.7 Å². The van der Waals surface area contributed by atoms with Gasteiger partial charge in [-0.1, -0.05) is 0 Å². The first-order valence-corrected chi connectivity index (χ1v) is 9.02. The standard InChI is InChI=1S/4H3NO3S.Ni.H2O/c4*1-5(2,3)4;;/h4*(H3,1,2,3,4);;1H2. The van der Waals surface area contributed by atoms with Gasteiger partial charge in [-0.2, -0.15) is 33.7 Å². The summed E-state index contributed by atoms with van der Waals surface area (Å²) in [6.07, 6.45) is 0. The number of rotatable bonds is 0. The predicted molar refractivity (Wildman–Crippen MR) is 66.6 cm³/mol. The summed E-state index contributed by atoms with van der Waals surface area (Å²) in [4.78, 5) is 0. The van der Waals surface area contributed by atoms with Crippen LogP contribution in [0.1, 0.15) is 0 Å². The molecule has 0 aliphatic rings. The normalized spacial score (nSPS) is 10.5. The molecule has 22 heteroatoms.